The second kappa shape index (κ2) is 99.5. The van der Waals surface area contributed by atoms with Crippen molar-refractivity contribution in [3.63, 3.8) is 0 Å². The lowest BCUT2D eigenvalue weighted by Gasteiger charge is -2.31. The third-order valence-electron chi connectivity index (χ3n) is 25.8. The molecule has 0 aliphatic carbocycles. The van der Waals surface area contributed by atoms with E-state index in [2.05, 4.69) is 228 Å². The molecule has 0 aromatic rings. The molecular formula is C104H248Cl8N28. The molecule has 860 valence electrons. The summed E-state index contributed by atoms with van der Waals surface area (Å²) in [6.45, 7) is 57.9. The van der Waals surface area contributed by atoms with E-state index in [1.165, 1.54) is 299 Å². The number of halogens is 8. The van der Waals surface area contributed by atoms with Gasteiger partial charge in [0.1, 0.15) is 0 Å². The molecule has 0 aromatic carbocycles. The smallest absolute Gasteiger partial charge is 0.0792 e. The van der Waals surface area contributed by atoms with Gasteiger partial charge in [-0.25, -0.2) is 0 Å². The summed E-state index contributed by atoms with van der Waals surface area (Å²) in [5.41, 5.74) is 46.9. The SMILES string of the molecule is C[N+](C)(C)CCCN(CCCN(CCCCN(CCCN(CCC[N+](C)(C)C)CCC[N+](C)(C)C)CCCN(CCC[N+](C)(C)C)CCC[N+](C)(C)C)CCCN(CCC[N+](C)(C)C)CCC[N+](C)(C)C)CCC[N+](C)(C)C.NCCCN(CCCN)CCCN(CCCCN(CCCN(CCCN)CCCN)CCCN(CCCN)CCCN)CCCN(CCCN)CCCN.[Cl-].[Cl-].[Cl-].[Cl-].[Cl-].[Cl-].[Cl-].[Cl-]. The summed E-state index contributed by atoms with van der Waals surface area (Å²) in [7, 11) is 56.4. The van der Waals surface area contributed by atoms with Crippen LogP contribution in [0.25, 0.3) is 0 Å². The number of nitrogens with zero attached hydrogens (tertiary/aromatic N) is 20. The molecule has 0 aliphatic rings. The molecule has 0 spiro atoms. The van der Waals surface area contributed by atoms with Gasteiger partial charge < -0.3 is 240 Å². The first-order valence-corrected chi connectivity index (χ1v) is 54.9. The molecule has 0 saturated carbocycles. The van der Waals surface area contributed by atoms with Crippen molar-refractivity contribution in [2.24, 2.45) is 45.9 Å². The van der Waals surface area contributed by atoms with Crippen LogP contribution >= 0.6 is 0 Å². The quantitative estimate of drug-likeness (QED) is 0.0208. The number of rotatable bonds is 98. The molecule has 0 aromatic heterocycles. The molecule has 0 heterocycles. The van der Waals surface area contributed by atoms with Crippen LogP contribution < -0.4 is 145 Å². The van der Waals surface area contributed by atoms with Crippen LogP contribution in [0.15, 0.2) is 0 Å². The normalized spacial score (nSPS) is 12.6. The summed E-state index contributed by atoms with van der Waals surface area (Å²) >= 11 is 0. The average Bonchev–Trinajstić information content (AvgIpc) is 0.931. The van der Waals surface area contributed by atoms with E-state index in [9.17, 15) is 0 Å². The summed E-state index contributed by atoms with van der Waals surface area (Å²) in [6.07, 6.45) is 33.5. The molecular weight excluding hydrogens is 1920 g/mol. The Hall–Kier alpha value is 1.20. The third-order valence-corrected chi connectivity index (χ3v) is 25.8. The van der Waals surface area contributed by atoms with Crippen molar-refractivity contribution in [2.45, 2.75) is 180 Å². The van der Waals surface area contributed by atoms with Gasteiger partial charge in [0.25, 0.3) is 0 Å². The zero-order valence-electron chi connectivity index (χ0n) is 97.2. The summed E-state index contributed by atoms with van der Waals surface area (Å²) in [5, 5.41) is 0. The molecule has 28 nitrogen and oxygen atoms in total. The van der Waals surface area contributed by atoms with Gasteiger partial charge in [0.15, 0.2) is 0 Å². The minimum Gasteiger partial charge on any atom is -1.00 e. The van der Waals surface area contributed by atoms with Gasteiger partial charge in [-0.15, -0.1) is 0 Å². The summed E-state index contributed by atoms with van der Waals surface area (Å²) in [6, 6.07) is 0. The van der Waals surface area contributed by atoms with Crippen LogP contribution in [-0.2, 0) is 0 Å². The van der Waals surface area contributed by atoms with Crippen molar-refractivity contribution in [1.82, 2.24) is 58.8 Å². The fourth-order valence-corrected chi connectivity index (χ4v) is 18.2. The second-order valence-electron chi connectivity index (χ2n) is 48.4. The molecule has 0 rings (SSSR count). The van der Waals surface area contributed by atoms with Crippen molar-refractivity contribution in [3.05, 3.63) is 0 Å². The molecule has 16 N–H and O–H groups in total. The van der Waals surface area contributed by atoms with Crippen LogP contribution in [0.5, 0.6) is 0 Å². The van der Waals surface area contributed by atoms with E-state index in [0.29, 0.717) is 0 Å². The number of hydrogen-bond donors (Lipinski definition) is 8. The van der Waals surface area contributed by atoms with E-state index in [4.69, 9.17) is 45.9 Å². The van der Waals surface area contributed by atoms with Crippen LogP contribution in [-0.4, -0.2) is 604 Å². The zero-order valence-corrected chi connectivity index (χ0v) is 103. The number of nitrogens with two attached hydrogens (primary N) is 8. The highest BCUT2D eigenvalue weighted by atomic mass is 35.5. The minimum absolute atomic E-state index is 0. The molecule has 0 atom stereocenters. The maximum atomic E-state index is 5.86. The molecule has 36 heteroatoms. The number of hydrogen-bond acceptors (Lipinski definition) is 20. The van der Waals surface area contributed by atoms with Crippen molar-refractivity contribution >= 4 is 0 Å². The molecule has 0 unspecified atom stereocenters. The Labute approximate surface area is 922 Å². The van der Waals surface area contributed by atoms with Crippen molar-refractivity contribution in [3.8, 4) is 0 Å². The minimum atomic E-state index is 0. The van der Waals surface area contributed by atoms with Crippen molar-refractivity contribution in [1.29, 1.82) is 0 Å². The Morgan fingerprint density at radius 1 is 0.100 bits per heavy atom. The lowest BCUT2D eigenvalue weighted by atomic mass is 10.2. The molecule has 0 saturated heterocycles. The van der Waals surface area contributed by atoms with E-state index in [1.807, 2.05) is 0 Å². The lowest BCUT2D eigenvalue weighted by molar-refractivity contribution is -0.870. The van der Waals surface area contributed by atoms with Crippen LogP contribution in [0.3, 0.4) is 0 Å². The van der Waals surface area contributed by atoms with E-state index < -0.39 is 0 Å². The van der Waals surface area contributed by atoms with Crippen LogP contribution in [0.4, 0.5) is 0 Å². The fraction of sp³-hybridized carbons (Fsp3) is 1.00. The highest BCUT2D eigenvalue weighted by Crippen LogP contribution is 2.15. The predicted molar refractivity (Wildman–Crippen MR) is 582 cm³/mol. The molecule has 140 heavy (non-hydrogen) atoms. The maximum Gasteiger partial charge on any atom is 0.0792 e. The number of quaternary nitrogens is 8. The van der Waals surface area contributed by atoms with Gasteiger partial charge in [0.2, 0.25) is 0 Å². The van der Waals surface area contributed by atoms with Gasteiger partial charge in [-0.05, 0) is 364 Å². The van der Waals surface area contributed by atoms with E-state index in [-0.39, 0.29) is 99.3 Å². The van der Waals surface area contributed by atoms with Gasteiger partial charge in [0, 0.05) is 104 Å². The zero-order chi connectivity index (χ0) is 99.5. The molecule has 0 amide bonds. The Bertz CT molecular complexity index is 2050. The van der Waals surface area contributed by atoms with E-state index in [1.54, 1.807) is 0 Å². The number of unbranched alkanes of at least 4 members (excludes halogenated alkanes) is 2. The van der Waals surface area contributed by atoms with Crippen molar-refractivity contribution < 1.29 is 135 Å². The van der Waals surface area contributed by atoms with Gasteiger partial charge in [0.05, 0.1) is 222 Å². The molecule has 0 radical (unpaired) electrons. The largest absolute Gasteiger partial charge is 1.00 e. The Morgan fingerprint density at radius 2 is 0.164 bits per heavy atom. The maximum absolute atomic E-state index is 5.86. The predicted octanol–water partition coefficient (Wildman–Crippen LogP) is -18.1. The average molecular weight is 2170 g/mol. The van der Waals surface area contributed by atoms with Gasteiger partial charge >= 0.3 is 0 Å². The molecule has 0 bridgehead atoms. The highest BCUT2D eigenvalue weighted by Gasteiger charge is 2.23. The monoisotopic (exact) mass is 2170 g/mol. The van der Waals surface area contributed by atoms with E-state index >= 15 is 0 Å². The Kier molecular flexibility index (Phi) is 115. The van der Waals surface area contributed by atoms with Crippen LogP contribution in [0.1, 0.15) is 180 Å². The Balaban J connectivity index is -0.000000302. The first-order valence-electron chi connectivity index (χ1n) is 54.9. The lowest BCUT2D eigenvalue weighted by Crippen LogP contribution is -3.00. The topological polar surface area (TPSA) is 247 Å². The first-order chi connectivity index (χ1) is 62.2. The summed E-state index contributed by atoms with van der Waals surface area (Å²) in [4.78, 5) is 32.9. The third kappa shape index (κ3) is 116. The van der Waals surface area contributed by atoms with Gasteiger partial charge in [-0.2, -0.15) is 0 Å². The van der Waals surface area contributed by atoms with Gasteiger partial charge in [-0.1, -0.05) is 0 Å². The van der Waals surface area contributed by atoms with Crippen LogP contribution in [0.2, 0.25) is 0 Å². The van der Waals surface area contributed by atoms with Gasteiger partial charge in [-0.3, -0.25) is 0 Å². The summed E-state index contributed by atoms with van der Waals surface area (Å²) in [5.74, 6) is 0. The van der Waals surface area contributed by atoms with Crippen LogP contribution in [0, 0.1) is 0 Å². The highest BCUT2D eigenvalue weighted by molar-refractivity contribution is 4.74. The first kappa shape index (κ1) is 161. The standard InChI is InChI=1S/C64H152N14.C40H96N14.8ClH/c1-71(2,3)57-31-49-67(50-32-58-72(4,5)6)45-27-41-65(42-28-46-68(51-33-59-73(7,8)9)52-34-60-74(10,11)12)39-25-26-40-66(43-29-47-69(53-35-61-75(13,14)15)54-36-62-76(16,17)18)44-30-48-70(55-37-63-77(19,20)21)56-38-64-78(22,23)24;41-15-3-25-51(26-4-16-42)37-11-33-49(34-12-38-52(27-5-17-43)28-6-18-44)23-1-2-24-50(35-13-39-53(29-7-19-45)30-8-20-46)36-14-40-54(31-9-21-47)32-10-22-48;;;;;;;;/h25-64H2,1-24H3;1-48H2;8*1H/q+8;;;;;;;;;/p-8. The van der Waals surface area contributed by atoms with Crippen molar-refractivity contribution in [2.75, 3.05) is 509 Å². The molecule has 0 fully saturated rings. The Morgan fingerprint density at radius 3 is 0.236 bits per heavy atom. The van der Waals surface area contributed by atoms with E-state index in [0.717, 1.165) is 257 Å². The fourth-order valence-electron chi connectivity index (χ4n) is 18.2. The molecule has 0 aliphatic heterocycles. The summed E-state index contributed by atoms with van der Waals surface area (Å²) < 4.78 is 8.44. The second-order valence-corrected chi connectivity index (χ2v) is 48.4.